The number of carbonyl (C=O) groups excluding carboxylic acids is 1. The molecule has 0 aliphatic rings. The maximum absolute atomic E-state index is 12.1. The average molecular weight is 327 g/mol. The first-order chi connectivity index (χ1) is 11.3. The second-order valence-electron chi connectivity index (χ2n) is 6.69. The highest BCUT2D eigenvalue weighted by Crippen LogP contribution is 2.24. The van der Waals surface area contributed by atoms with Gasteiger partial charge in [0.2, 0.25) is 0 Å². The molecule has 24 heavy (non-hydrogen) atoms. The van der Waals surface area contributed by atoms with Crippen molar-refractivity contribution < 1.29 is 9.63 Å². The van der Waals surface area contributed by atoms with Crippen molar-refractivity contribution >= 4 is 17.4 Å². The first-order valence-electron chi connectivity index (χ1n) is 7.92. The number of amides is 2. The van der Waals surface area contributed by atoms with Crippen LogP contribution in [0.5, 0.6) is 5.75 Å². The van der Waals surface area contributed by atoms with Crippen LogP contribution in [0.4, 0.5) is 16.2 Å². The van der Waals surface area contributed by atoms with Crippen molar-refractivity contribution in [1.29, 1.82) is 0 Å². The van der Waals surface area contributed by atoms with Crippen molar-refractivity contribution in [2.45, 2.75) is 33.1 Å². The van der Waals surface area contributed by atoms with Gasteiger partial charge in [0.15, 0.2) is 5.75 Å². The molecule has 2 amide bonds. The van der Waals surface area contributed by atoms with E-state index in [4.69, 9.17) is 4.84 Å². The summed E-state index contributed by atoms with van der Waals surface area (Å²) in [6, 6.07) is 13.1. The van der Waals surface area contributed by atoms with Gasteiger partial charge >= 0.3 is 6.03 Å². The maximum atomic E-state index is 12.1. The van der Waals surface area contributed by atoms with Crippen LogP contribution in [0.2, 0.25) is 0 Å². The van der Waals surface area contributed by atoms with Crippen molar-refractivity contribution in [2.75, 3.05) is 17.7 Å². The summed E-state index contributed by atoms with van der Waals surface area (Å²) in [4.78, 5) is 17.4. The van der Waals surface area contributed by atoms with Crippen LogP contribution in [-0.4, -0.2) is 13.1 Å². The fourth-order valence-electron chi connectivity index (χ4n) is 2.24. The van der Waals surface area contributed by atoms with Gasteiger partial charge in [0, 0.05) is 24.5 Å². The number of benzene rings is 2. The zero-order valence-electron chi connectivity index (χ0n) is 14.9. The van der Waals surface area contributed by atoms with E-state index in [2.05, 4.69) is 36.9 Å². The number of hydrogen-bond acceptors (Lipinski definition) is 3. The van der Waals surface area contributed by atoms with Gasteiger partial charge in [-0.3, -0.25) is 0 Å². The lowest BCUT2D eigenvalue weighted by Gasteiger charge is -2.19. The second-order valence-corrected chi connectivity index (χ2v) is 6.69. The number of hydrogen-bond donors (Lipinski definition) is 3. The van der Waals surface area contributed by atoms with E-state index in [-0.39, 0.29) is 11.4 Å². The molecule has 3 N–H and O–H groups in total. The van der Waals surface area contributed by atoms with Gasteiger partial charge in [-0.2, -0.15) is 5.48 Å². The van der Waals surface area contributed by atoms with Gasteiger partial charge in [-0.25, -0.2) is 4.79 Å². The molecular weight excluding hydrogens is 302 g/mol. The van der Waals surface area contributed by atoms with Crippen LogP contribution in [-0.2, 0) is 5.41 Å². The summed E-state index contributed by atoms with van der Waals surface area (Å²) in [6.45, 7) is 8.41. The van der Waals surface area contributed by atoms with Crippen LogP contribution in [0.15, 0.2) is 42.5 Å². The van der Waals surface area contributed by atoms with E-state index in [1.165, 1.54) is 5.56 Å². The van der Waals surface area contributed by atoms with E-state index >= 15 is 0 Å². The minimum absolute atomic E-state index is 0.0897. The molecule has 2 aromatic rings. The fourth-order valence-corrected chi connectivity index (χ4v) is 2.24. The Morgan fingerprint density at radius 3 is 2.12 bits per heavy atom. The molecule has 0 aliphatic carbocycles. The smallest absolute Gasteiger partial charge is 0.323 e. The lowest BCUT2D eigenvalue weighted by atomic mass is 9.87. The van der Waals surface area contributed by atoms with E-state index in [1.807, 2.05) is 43.3 Å². The SMILES string of the molecule is CNOc1cc(NC(=O)Nc2ccc(C(C)(C)C)cc2)ccc1C. The topological polar surface area (TPSA) is 62.4 Å². The summed E-state index contributed by atoms with van der Waals surface area (Å²) in [5.74, 6) is 0.671. The van der Waals surface area contributed by atoms with Gasteiger partial charge < -0.3 is 15.5 Å². The summed E-state index contributed by atoms with van der Waals surface area (Å²) in [6.07, 6.45) is 0. The molecule has 128 valence electrons. The zero-order valence-corrected chi connectivity index (χ0v) is 14.9. The third-order valence-electron chi connectivity index (χ3n) is 3.67. The Kier molecular flexibility index (Phi) is 5.46. The molecule has 0 fully saturated rings. The van der Waals surface area contributed by atoms with Crippen LogP contribution >= 0.6 is 0 Å². The Labute approximate surface area is 143 Å². The summed E-state index contributed by atoms with van der Waals surface area (Å²) in [7, 11) is 1.69. The number of aryl methyl sites for hydroxylation is 1. The molecule has 0 radical (unpaired) electrons. The maximum Gasteiger partial charge on any atom is 0.323 e. The number of hydroxylamine groups is 1. The van der Waals surface area contributed by atoms with Crippen LogP contribution < -0.4 is 21.0 Å². The highest BCUT2D eigenvalue weighted by molar-refractivity contribution is 5.99. The Bertz CT molecular complexity index is 704. The number of rotatable bonds is 4. The van der Waals surface area contributed by atoms with Crippen molar-refractivity contribution in [3.63, 3.8) is 0 Å². The average Bonchev–Trinajstić information content (AvgIpc) is 2.50. The highest BCUT2D eigenvalue weighted by atomic mass is 16.6. The third-order valence-corrected chi connectivity index (χ3v) is 3.67. The largest absolute Gasteiger partial charge is 0.409 e. The lowest BCUT2D eigenvalue weighted by Crippen LogP contribution is -2.20. The molecule has 0 aromatic heterocycles. The van der Waals surface area contributed by atoms with Gasteiger partial charge in [0.05, 0.1) is 0 Å². The minimum atomic E-state index is -0.294. The van der Waals surface area contributed by atoms with Gasteiger partial charge in [-0.1, -0.05) is 39.0 Å². The molecular formula is C19H25N3O2. The molecule has 0 saturated heterocycles. The van der Waals surface area contributed by atoms with E-state index in [1.54, 1.807) is 13.1 Å². The Balaban J connectivity index is 2.02. The van der Waals surface area contributed by atoms with E-state index in [9.17, 15) is 4.79 Å². The molecule has 0 heterocycles. The predicted molar refractivity (Wildman–Crippen MR) is 98.7 cm³/mol. The Hall–Kier alpha value is -2.53. The minimum Gasteiger partial charge on any atom is -0.409 e. The quantitative estimate of drug-likeness (QED) is 0.727. The molecule has 5 heteroatoms. The highest BCUT2D eigenvalue weighted by Gasteiger charge is 2.13. The van der Waals surface area contributed by atoms with Crippen LogP contribution in [0.3, 0.4) is 0 Å². The second kappa shape index (κ2) is 7.36. The monoisotopic (exact) mass is 327 g/mol. The van der Waals surface area contributed by atoms with Crippen molar-refractivity contribution in [1.82, 2.24) is 5.48 Å². The first-order valence-corrected chi connectivity index (χ1v) is 7.92. The fraction of sp³-hybridized carbons (Fsp3) is 0.316. The van der Waals surface area contributed by atoms with Gasteiger partial charge in [0.1, 0.15) is 0 Å². The van der Waals surface area contributed by atoms with E-state index in [0.29, 0.717) is 11.4 Å². The van der Waals surface area contributed by atoms with Gasteiger partial charge in [0.25, 0.3) is 0 Å². The van der Waals surface area contributed by atoms with Gasteiger partial charge in [-0.05, 0) is 41.7 Å². The third kappa shape index (κ3) is 4.73. The summed E-state index contributed by atoms with van der Waals surface area (Å²) in [5, 5.41) is 5.63. The molecule has 0 unspecified atom stereocenters. The molecule has 0 bridgehead atoms. The summed E-state index contributed by atoms with van der Waals surface area (Å²) in [5.41, 5.74) is 6.34. The molecule has 0 saturated carbocycles. The number of anilines is 2. The molecule has 5 nitrogen and oxygen atoms in total. The van der Waals surface area contributed by atoms with Crippen molar-refractivity contribution in [3.8, 4) is 5.75 Å². The number of carbonyl (C=O) groups is 1. The standard InChI is InChI=1S/C19H25N3O2/c1-13-6-9-16(12-17(13)24-20-5)22-18(23)21-15-10-7-14(8-11-15)19(2,3)4/h6-12,20H,1-5H3,(H2,21,22,23). The Morgan fingerprint density at radius 2 is 1.54 bits per heavy atom. The number of urea groups is 1. The normalized spacial score (nSPS) is 11.0. The molecule has 2 rings (SSSR count). The predicted octanol–water partition coefficient (Wildman–Crippen LogP) is 4.45. The summed E-state index contributed by atoms with van der Waals surface area (Å²) < 4.78 is 0. The lowest BCUT2D eigenvalue weighted by molar-refractivity contribution is 0.222. The molecule has 2 aromatic carbocycles. The Morgan fingerprint density at radius 1 is 0.958 bits per heavy atom. The van der Waals surface area contributed by atoms with Gasteiger partial charge in [-0.15, -0.1) is 0 Å². The molecule has 0 atom stereocenters. The first kappa shape index (κ1) is 17.8. The van der Waals surface area contributed by atoms with Crippen LogP contribution in [0.1, 0.15) is 31.9 Å². The molecule has 0 spiro atoms. The summed E-state index contributed by atoms with van der Waals surface area (Å²) >= 11 is 0. The van der Waals surface area contributed by atoms with Crippen LogP contribution in [0.25, 0.3) is 0 Å². The van der Waals surface area contributed by atoms with Crippen molar-refractivity contribution in [3.05, 3.63) is 53.6 Å². The van der Waals surface area contributed by atoms with Crippen molar-refractivity contribution in [2.24, 2.45) is 0 Å². The number of nitrogens with one attached hydrogen (secondary N) is 3. The van der Waals surface area contributed by atoms with Crippen LogP contribution in [0, 0.1) is 6.92 Å². The molecule has 0 aliphatic heterocycles. The van der Waals surface area contributed by atoms with E-state index < -0.39 is 0 Å². The van der Waals surface area contributed by atoms with E-state index in [0.717, 1.165) is 11.3 Å². The zero-order chi connectivity index (χ0) is 17.7.